The van der Waals surface area contributed by atoms with Gasteiger partial charge in [0, 0.05) is 10.4 Å². The fourth-order valence-electron chi connectivity index (χ4n) is 0.873. The Morgan fingerprint density at radius 1 is 1.42 bits per heavy atom. The third kappa shape index (κ3) is 2.88. The molecule has 0 aliphatic rings. The summed E-state index contributed by atoms with van der Waals surface area (Å²) in [7, 11) is 0. The van der Waals surface area contributed by atoms with E-state index in [1.807, 2.05) is 12.2 Å². The lowest BCUT2D eigenvalue weighted by Gasteiger charge is -1.96. The molecule has 0 heterocycles. The molecule has 64 valence electrons. The molecule has 0 atom stereocenters. The number of aromatic hydroxyl groups is 1. The van der Waals surface area contributed by atoms with E-state index >= 15 is 0 Å². The molecular formula is C9H8BrClO. The van der Waals surface area contributed by atoms with E-state index in [4.69, 9.17) is 16.7 Å². The second kappa shape index (κ2) is 4.53. The molecule has 0 aliphatic carbocycles. The van der Waals surface area contributed by atoms with E-state index in [9.17, 15) is 0 Å². The molecule has 0 spiro atoms. The van der Waals surface area contributed by atoms with Crippen molar-refractivity contribution in [1.29, 1.82) is 0 Å². The minimum atomic E-state index is 0.191. The maximum Gasteiger partial charge on any atom is 0.117 e. The lowest BCUT2D eigenvalue weighted by Crippen LogP contribution is -1.73. The molecule has 1 nitrogen and oxygen atoms in total. The molecule has 0 bridgehead atoms. The van der Waals surface area contributed by atoms with E-state index in [0.717, 1.165) is 10.9 Å². The zero-order valence-electron chi connectivity index (χ0n) is 6.30. The Labute approximate surface area is 84.8 Å². The number of rotatable bonds is 2. The van der Waals surface area contributed by atoms with Crippen LogP contribution in [0.3, 0.4) is 0 Å². The van der Waals surface area contributed by atoms with Gasteiger partial charge in [-0.3, -0.25) is 0 Å². The van der Waals surface area contributed by atoms with Gasteiger partial charge in [0.25, 0.3) is 0 Å². The molecule has 1 rings (SSSR count). The summed E-state index contributed by atoms with van der Waals surface area (Å²) in [5, 5.41) is 10.5. The number of alkyl halides is 1. The summed E-state index contributed by atoms with van der Waals surface area (Å²) in [6.07, 6.45) is 3.82. The Morgan fingerprint density at radius 2 is 2.17 bits per heavy atom. The van der Waals surface area contributed by atoms with Gasteiger partial charge in [0.2, 0.25) is 0 Å². The maximum absolute atomic E-state index is 9.16. The lowest BCUT2D eigenvalue weighted by atomic mass is 10.2. The number of phenols is 1. The van der Waals surface area contributed by atoms with Crippen molar-refractivity contribution in [3.63, 3.8) is 0 Å². The summed E-state index contributed by atoms with van der Waals surface area (Å²) in [6.45, 7) is 0. The Balaban J connectivity index is 2.93. The first kappa shape index (κ1) is 9.62. The molecule has 1 aromatic rings. The molecule has 3 heteroatoms. The molecule has 0 saturated heterocycles. The second-order valence-corrected chi connectivity index (χ2v) is 3.38. The largest absolute Gasteiger partial charge is 0.508 e. The van der Waals surface area contributed by atoms with Gasteiger partial charge < -0.3 is 5.11 Å². The molecule has 0 amide bonds. The quantitative estimate of drug-likeness (QED) is 0.794. The van der Waals surface area contributed by atoms with Crippen LogP contribution in [0.25, 0.3) is 6.08 Å². The predicted octanol–water partition coefficient (Wildman–Crippen LogP) is 3.45. The first-order valence-electron chi connectivity index (χ1n) is 3.44. The van der Waals surface area contributed by atoms with Crippen LogP contribution in [0.15, 0.2) is 24.3 Å². The first-order valence-corrected chi connectivity index (χ1v) is 4.94. The number of halogens is 2. The summed E-state index contributed by atoms with van der Waals surface area (Å²) in [6, 6.07) is 4.96. The van der Waals surface area contributed by atoms with E-state index in [-0.39, 0.29) is 5.75 Å². The van der Waals surface area contributed by atoms with Gasteiger partial charge in [0.1, 0.15) is 5.75 Å². The van der Waals surface area contributed by atoms with Gasteiger partial charge in [-0.1, -0.05) is 39.7 Å². The van der Waals surface area contributed by atoms with Crippen LogP contribution in [0.1, 0.15) is 5.56 Å². The van der Waals surface area contributed by atoms with E-state index in [1.54, 1.807) is 12.1 Å². The number of hydrogen-bond acceptors (Lipinski definition) is 1. The summed E-state index contributed by atoms with van der Waals surface area (Å²) >= 11 is 8.99. The smallest absolute Gasteiger partial charge is 0.117 e. The van der Waals surface area contributed by atoms with Gasteiger partial charge in [-0.25, -0.2) is 0 Å². The highest BCUT2D eigenvalue weighted by Crippen LogP contribution is 2.20. The molecule has 12 heavy (non-hydrogen) atoms. The van der Waals surface area contributed by atoms with Crippen LogP contribution < -0.4 is 0 Å². The Bertz CT molecular complexity index is 276. The fraction of sp³-hybridized carbons (Fsp3) is 0.111. The molecule has 0 saturated carbocycles. The van der Waals surface area contributed by atoms with Crippen molar-refractivity contribution in [3.8, 4) is 5.75 Å². The highest BCUT2D eigenvalue weighted by Gasteiger charge is 1.94. The topological polar surface area (TPSA) is 20.2 Å². The van der Waals surface area contributed by atoms with Gasteiger partial charge in [0.15, 0.2) is 0 Å². The van der Waals surface area contributed by atoms with Gasteiger partial charge in [-0.05, 0) is 23.8 Å². The predicted molar refractivity (Wildman–Crippen MR) is 55.9 cm³/mol. The van der Waals surface area contributed by atoms with Crippen molar-refractivity contribution in [2.45, 2.75) is 0 Å². The van der Waals surface area contributed by atoms with Crippen LogP contribution in [0, 0.1) is 0 Å². The third-order valence-electron chi connectivity index (χ3n) is 1.30. The zero-order valence-corrected chi connectivity index (χ0v) is 8.64. The second-order valence-electron chi connectivity index (χ2n) is 2.30. The third-order valence-corrected chi connectivity index (χ3v) is 1.90. The first-order chi connectivity index (χ1) is 5.72. The van der Waals surface area contributed by atoms with Gasteiger partial charge in [-0.2, -0.15) is 0 Å². The van der Waals surface area contributed by atoms with Crippen molar-refractivity contribution >= 4 is 33.6 Å². The van der Waals surface area contributed by atoms with Crippen LogP contribution >= 0.6 is 27.5 Å². The summed E-state index contributed by atoms with van der Waals surface area (Å²) in [4.78, 5) is 0. The Morgan fingerprint density at radius 3 is 2.75 bits per heavy atom. The van der Waals surface area contributed by atoms with E-state index in [0.29, 0.717) is 5.02 Å². The minimum absolute atomic E-state index is 0.191. The average molecular weight is 248 g/mol. The van der Waals surface area contributed by atoms with Crippen LogP contribution in [0.5, 0.6) is 5.75 Å². The van der Waals surface area contributed by atoms with Crippen molar-refractivity contribution < 1.29 is 5.11 Å². The maximum atomic E-state index is 9.16. The monoisotopic (exact) mass is 246 g/mol. The summed E-state index contributed by atoms with van der Waals surface area (Å²) < 4.78 is 0. The number of hydrogen-bond donors (Lipinski definition) is 1. The molecule has 1 N–H and O–H groups in total. The van der Waals surface area contributed by atoms with E-state index in [2.05, 4.69) is 15.9 Å². The summed E-state index contributed by atoms with van der Waals surface area (Å²) in [5.74, 6) is 0.191. The standard InChI is InChI=1S/C9H8BrClO/c10-3-1-2-7-4-8(11)6-9(12)5-7/h1-2,4-6,12H,3H2. The number of phenolic OH excluding ortho intramolecular Hbond substituents is 1. The van der Waals surface area contributed by atoms with Gasteiger partial charge >= 0.3 is 0 Å². The van der Waals surface area contributed by atoms with E-state index in [1.165, 1.54) is 6.07 Å². The van der Waals surface area contributed by atoms with E-state index < -0.39 is 0 Å². The van der Waals surface area contributed by atoms with Gasteiger partial charge in [0.05, 0.1) is 0 Å². The van der Waals surface area contributed by atoms with Crippen molar-refractivity contribution in [1.82, 2.24) is 0 Å². The molecule has 0 aromatic heterocycles. The SMILES string of the molecule is Oc1cc(Cl)cc(C=CCBr)c1. The van der Waals surface area contributed by atoms with Crippen LogP contribution in [0.2, 0.25) is 5.02 Å². The highest BCUT2D eigenvalue weighted by molar-refractivity contribution is 9.09. The van der Waals surface area contributed by atoms with Crippen LogP contribution in [0.4, 0.5) is 0 Å². The molecule has 0 aliphatic heterocycles. The zero-order chi connectivity index (χ0) is 8.97. The average Bonchev–Trinajstić information content (AvgIpc) is 1.99. The molecule has 0 fully saturated rings. The molecule has 1 aromatic carbocycles. The number of benzene rings is 1. The van der Waals surface area contributed by atoms with Crippen molar-refractivity contribution in [3.05, 3.63) is 34.9 Å². The van der Waals surface area contributed by atoms with Crippen molar-refractivity contribution in [2.24, 2.45) is 0 Å². The van der Waals surface area contributed by atoms with Crippen molar-refractivity contribution in [2.75, 3.05) is 5.33 Å². The van der Waals surface area contributed by atoms with Gasteiger partial charge in [-0.15, -0.1) is 0 Å². The molecule has 0 radical (unpaired) electrons. The lowest BCUT2D eigenvalue weighted by molar-refractivity contribution is 0.475. The van der Waals surface area contributed by atoms with Crippen LogP contribution in [-0.4, -0.2) is 10.4 Å². The summed E-state index contributed by atoms with van der Waals surface area (Å²) in [5.41, 5.74) is 0.902. The van der Waals surface area contributed by atoms with Crippen LogP contribution in [-0.2, 0) is 0 Å². The number of allylic oxidation sites excluding steroid dienone is 1. The highest BCUT2D eigenvalue weighted by atomic mass is 79.9. The molecular weight excluding hydrogens is 239 g/mol. The minimum Gasteiger partial charge on any atom is -0.508 e. The molecule has 0 unspecified atom stereocenters. The normalized spacial score (nSPS) is 10.8. The Kier molecular flexibility index (Phi) is 3.63. The fourth-order valence-corrected chi connectivity index (χ4v) is 1.30. The Hall–Kier alpha value is -0.470.